The lowest BCUT2D eigenvalue weighted by Gasteiger charge is -2.66. The lowest BCUT2D eigenvalue weighted by Crippen LogP contribution is -2.70. The Bertz CT molecular complexity index is 642. The summed E-state index contributed by atoms with van der Waals surface area (Å²) in [7, 11) is 0. The fourth-order valence-corrected chi connectivity index (χ4v) is 7.64. The number of fused-ring (bicyclic) bond motifs is 3. The van der Waals surface area contributed by atoms with E-state index in [1.165, 1.54) is 0 Å². The van der Waals surface area contributed by atoms with Crippen molar-refractivity contribution in [3.8, 4) is 0 Å². The summed E-state index contributed by atoms with van der Waals surface area (Å²) in [5.41, 5.74) is -1.78. The molecule has 0 saturated heterocycles. The van der Waals surface area contributed by atoms with Crippen LogP contribution >= 0.6 is 0 Å². The number of Topliss-reactive ketones (excluding diaryl/α,β-unsaturated/α-hetero) is 1. The third kappa shape index (κ3) is 1.81. The van der Waals surface area contributed by atoms with Crippen LogP contribution in [0.25, 0.3) is 0 Å². The third-order valence-electron chi connectivity index (χ3n) is 8.48. The highest BCUT2D eigenvalue weighted by atomic mass is 16.3. The Balaban J connectivity index is 1.91. The van der Waals surface area contributed by atoms with Gasteiger partial charge in [-0.3, -0.25) is 4.79 Å². The zero-order valence-corrected chi connectivity index (χ0v) is 15.3. The molecule has 4 saturated carbocycles. The molecule has 4 aliphatic carbocycles. The lowest BCUT2D eigenvalue weighted by molar-refractivity contribution is -0.259. The summed E-state index contributed by atoms with van der Waals surface area (Å²) in [4.78, 5) is 13.2. The topological polar surface area (TPSA) is 98.0 Å². The number of ketones is 1. The van der Waals surface area contributed by atoms with Crippen LogP contribution in [0.15, 0.2) is 12.2 Å². The van der Waals surface area contributed by atoms with Gasteiger partial charge in [-0.05, 0) is 48.0 Å². The Morgan fingerprint density at radius 1 is 1.04 bits per heavy atom. The van der Waals surface area contributed by atoms with Crippen molar-refractivity contribution in [2.24, 2.45) is 34.0 Å². The van der Waals surface area contributed by atoms with E-state index in [0.717, 1.165) is 0 Å². The Morgan fingerprint density at radius 2 is 1.68 bits per heavy atom. The van der Waals surface area contributed by atoms with Gasteiger partial charge in [-0.15, -0.1) is 0 Å². The molecule has 5 nitrogen and oxygen atoms in total. The summed E-state index contributed by atoms with van der Waals surface area (Å²) in [6.07, 6.45) is -1.24. The molecule has 0 radical (unpaired) electrons. The second-order valence-electron chi connectivity index (χ2n) is 9.86. The second-order valence-corrected chi connectivity index (χ2v) is 9.86. The van der Waals surface area contributed by atoms with Crippen molar-refractivity contribution in [2.75, 3.05) is 0 Å². The van der Waals surface area contributed by atoms with Crippen LogP contribution in [0, 0.1) is 34.0 Å². The first-order chi connectivity index (χ1) is 11.5. The molecule has 25 heavy (non-hydrogen) atoms. The van der Waals surface area contributed by atoms with Crippen LogP contribution in [0.1, 0.15) is 46.5 Å². The molecule has 0 aromatic heterocycles. The molecule has 140 valence electrons. The van der Waals surface area contributed by atoms with Crippen LogP contribution in [-0.4, -0.2) is 50.6 Å². The van der Waals surface area contributed by atoms with Gasteiger partial charge in [0, 0.05) is 11.8 Å². The van der Waals surface area contributed by atoms with Gasteiger partial charge < -0.3 is 20.4 Å². The van der Waals surface area contributed by atoms with E-state index < -0.39 is 52.5 Å². The number of rotatable bonds is 0. The molecule has 0 aromatic rings. The summed E-state index contributed by atoms with van der Waals surface area (Å²) >= 11 is 0. The number of aliphatic hydroxyl groups is 4. The average molecular weight is 350 g/mol. The molecule has 4 fully saturated rings. The van der Waals surface area contributed by atoms with E-state index in [1.54, 1.807) is 0 Å². The summed E-state index contributed by atoms with van der Waals surface area (Å²) < 4.78 is 0. The first kappa shape index (κ1) is 17.7. The van der Waals surface area contributed by atoms with Crippen molar-refractivity contribution in [1.29, 1.82) is 0 Å². The molecule has 4 N–H and O–H groups in total. The minimum absolute atomic E-state index is 0.140. The van der Waals surface area contributed by atoms with E-state index in [1.807, 2.05) is 20.8 Å². The number of carbonyl (C=O) groups is 1. The molecule has 0 aromatic carbocycles. The van der Waals surface area contributed by atoms with E-state index in [0.29, 0.717) is 24.8 Å². The van der Waals surface area contributed by atoms with E-state index in [4.69, 9.17) is 0 Å². The Kier molecular flexibility index (Phi) is 3.49. The molecule has 4 aliphatic rings. The molecule has 0 heterocycles. The minimum atomic E-state index is -1.14. The normalized spacial score (nSPS) is 57.2. The van der Waals surface area contributed by atoms with Gasteiger partial charge in [0.15, 0.2) is 5.78 Å². The molecule has 9 atom stereocenters. The second kappa shape index (κ2) is 4.94. The zero-order chi connectivity index (χ0) is 18.5. The number of hydrogen-bond donors (Lipinski definition) is 4. The Hall–Kier alpha value is -0.750. The van der Waals surface area contributed by atoms with E-state index in [-0.39, 0.29) is 18.1 Å². The number of carbonyl (C=O) groups excluding carboxylic acids is 1. The summed E-state index contributed by atoms with van der Waals surface area (Å²) in [5, 5.41) is 43.7. The Morgan fingerprint density at radius 3 is 2.32 bits per heavy atom. The van der Waals surface area contributed by atoms with Crippen LogP contribution in [0.3, 0.4) is 0 Å². The van der Waals surface area contributed by atoms with Gasteiger partial charge in [0.1, 0.15) is 0 Å². The lowest BCUT2D eigenvalue weighted by atomic mass is 9.39. The van der Waals surface area contributed by atoms with Crippen LogP contribution in [0.5, 0.6) is 0 Å². The van der Waals surface area contributed by atoms with Crippen LogP contribution in [0.4, 0.5) is 0 Å². The maximum absolute atomic E-state index is 13.2. The van der Waals surface area contributed by atoms with E-state index >= 15 is 0 Å². The highest BCUT2D eigenvalue weighted by Gasteiger charge is 2.75. The molecular formula is C20H30O5. The van der Waals surface area contributed by atoms with Crippen LogP contribution in [-0.2, 0) is 4.79 Å². The highest BCUT2D eigenvalue weighted by molar-refractivity contribution is 6.04. The smallest absolute Gasteiger partial charge is 0.167 e. The van der Waals surface area contributed by atoms with Gasteiger partial charge in [0.05, 0.1) is 29.8 Å². The number of hydrogen-bond acceptors (Lipinski definition) is 5. The summed E-state index contributed by atoms with van der Waals surface area (Å²) in [5.74, 6) is -1.24. The van der Waals surface area contributed by atoms with Gasteiger partial charge in [-0.1, -0.05) is 27.4 Å². The standard InChI is InChI=1S/C20H30O5/c1-9-10-7-11(21)15-19(4)6-5-13(23)18(2,3)14(19)12(22)8-20(15,16(9)24)17(10)25/h10-15,17,21-23,25H,1,5-8H2,2-4H3/t10-,11+,12+,13-,14+,15-,17+,19+,20+/m0/s1. The van der Waals surface area contributed by atoms with Crippen molar-refractivity contribution in [2.45, 2.75) is 70.9 Å². The molecular weight excluding hydrogens is 320 g/mol. The predicted octanol–water partition coefficient (Wildman–Crippen LogP) is 1.04. The van der Waals surface area contributed by atoms with Gasteiger partial charge in [-0.25, -0.2) is 0 Å². The summed E-state index contributed by atoms with van der Waals surface area (Å²) in [6, 6.07) is 0. The molecule has 4 rings (SSSR count). The average Bonchev–Trinajstić information content (AvgIpc) is 2.62. The molecule has 0 amide bonds. The van der Waals surface area contributed by atoms with E-state index in [9.17, 15) is 25.2 Å². The Labute approximate surface area is 148 Å². The van der Waals surface area contributed by atoms with Gasteiger partial charge in [0.25, 0.3) is 0 Å². The first-order valence-corrected chi connectivity index (χ1v) is 9.45. The fraction of sp³-hybridized carbons (Fsp3) is 0.850. The number of aliphatic hydroxyl groups excluding tert-OH is 4. The maximum atomic E-state index is 13.2. The molecule has 0 aliphatic heterocycles. The molecule has 1 spiro atoms. The zero-order valence-electron chi connectivity index (χ0n) is 15.3. The van der Waals surface area contributed by atoms with Crippen molar-refractivity contribution in [1.82, 2.24) is 0 Å². The summed E-state index contributed by atoms with van der Waals surface area (Å²) in [6.45, 7) is 9.86. The molecule has 2 bridgehead atoms. The van der Waals surface area contributed by atoms with E-state index in [2.05, 4.69) is 6.58 Å². The molecule has 5 heteroatoms. The van der Waals surface area contributed by atoms with Gasteiger partial charge >= 0.3 is 0 Å². The van der Waals surface area contributed by atoms with Crippen molar-refractivity contribution < 1.29 is 25.2 Å². The highest BCUT2D eigenvalue weighted by Crippen LogP contribution is 2.70. The SMILES string of the molecule is C=C1C(=O)[C@@]23C[C@@H](O)[C@@H]4C(C)(C)[C@@H](O)CC[C@@]4(C)[C@@H]2[C@H](O)C[C@@H]1[C@H]3O. The fourth-order valence-electron chi connectivity index (χ4n) is 7.64. The maximum Gasteiger partial charge on any atom is 0.167 e. The monoisotopic (exact) mass is 350 g/mol. The van der Waals surface area contributed by atoms with Crippen molar-refractivity contribution in [3.05, 3.63) is 12.2 Å². The van der Waals surface area contributed by atoms with Crippen LogP contribution < -0.4 is 0 Å². The minimum Gasteiger partial charge on any atom is -0.393 e. The predicted molar refractivity (Wildman–Crippen MR) is 91.4 cm³/mol. The first-order valence-electron chi connectivity index (χ1n) is 9.45. The third-order valence-corrected chi connectivity index (χ3v) is 8.48. The molecule has 0 unspecified atom stereocenters. The van der Waals surface area contributed by atoms with Crippen LogP contribution in [0.2, 0.25) is 0 Å². The largest absolute Gasteiger partial charge is 0.393 e. The van der Waals surface area contributed by atoms with Crippen molar-refractivity contribution >= 4 is 5.78 Å². The van der Waals surface area contributed by atoms with Gasteiger partial charge in [0.2, 0.25) is 0 Å². The quantitative estimate of drug-likeness (QED) is 0.489. The van der Waals surface area contributed by atoms with Gasteiger partial charge in [-0.2, -0.15) is 0 Å². The van der Waals surface area contributed by atoms with Crippen molar-refractivity contribution in [3.63, 3.8) is 0 Å².